The van der Waals surface area contributed by atoms with Crippen LogP contribution in [0.15, 0.2) is 54.2 Å². The van der Waals surface area contributed by atoms with Crippen molar-refractivity contribution >= 4 is 23.1 Å². The molecule has 0 saturated carbocycles. The molecule has 0 bridgehead atoms. The van der Waals surface area contributed by atoms with Crippen molar-refractivity contribution in [1.29, 1.82) is 0 Å². The third kappa shape index (κ3) is 5.37. The maximum atomic E-state index is 13.5. The lowest BCUT2D eigenvalue weighted by molar-refractivity contribution is -0.137. The zero-order chi connectivity index (χ0) is 23.8. The Hall–Kier alpha value is -3.32. The van der Waals surface area contributed by atoms with E-state index in [0.29, 0.717) is 54.5 Å². The summed E-state index contributed by atoms with van der Waals surface area (Å²) in [6.45, 7) is 3.60. The number of likely N-dealkylation sites (N-methyl/N-ethyl adjacent to an activating group) is 1. The molecule has 0 atom stereocenters. The molecule has 0 radical (unpaired) electrons. The second-order valence-electron chi connectivity index (χ2n) is 7.77. The molecule has 0 aliphatic carbocycles. The van der Waals surface area contributed by atoms with Crippen LogP contribution < -0.4 is 14.4 Å². The van der Waals surface area contributed by atoms with Crippen molar-refractivity contribution in [3.05, 3.63) is 59.8 Å². The Morgan fingerprint density at radius 1 is 0.879 bits per heavy atom. The molecular weight excluding hydrogens is 420 g/mol. The number of ether oxygens (including phenoxy) is 3. The number of benzene rings is 2. The molecule has 2 aromatic carbocycles. The molecule has 1 aliphatic heterocycles. The third-order valence-corrected chi connectivity index (χ3v) is 5.61. The highest BCUT2D eigenvalue weighted by Crippen LogP contribution is 2.37. The molecular formula is C26H32N2O5. The van der Waals surface area contributed by atoms with Crippen LogP contribution in [0.5, 0.6) is 11.5 Å². The molecule has 3 rings (SSSR count). The fourth-order valence-electron chi connectivity index (χ4n) is 3.78. The Bertz CT molecular complexity index is 1000. The summed E-state index contributed by atoms with van der Waals surface area (Å²) in [5.41, 5.74) is 2.10. The Balaban J connectivity index is 1.94. The van der Waals surface area contributed by atoms with Gasteiger partial charge >= 0.3 is 0 Å². The van der Waals surface area contributed by atoms with Crippen LogP contribution in [0.4, 0.5) is 5.69 Å². The molecule has 0 aromatic heterocycles. The zero-order valence-electron chi connectivity index (χ0n) is 19.8. The summed E-state index contributed by atoms with van der Waals surface area (Å²) in [5.74, 6) is 0.410. The second-order valence-corrected chi connectivity index (χ2v) is 7.77. The van der Waals surface area contributed by atoms with E-state index >= 15 is 0 Å². The quantitative estimate of drug-likeness (QED) is 0.356. The molecule has 7 nitrogen and oxygen atoms in total. The number of hydrogen-bond donors (Lipinski definition) is 0. The number of nitrogens with zero attached hydrogens (tertiary/aromatic N) is 2. The lowest BCUT2D eigenvalue weighted by Gasteiger charge is -2.21. The Labute approximate surface area is 195 Å². The van der Waals surface area contributed by atoms with Gasteiger partial charge in [0.1, 0.15) is 5.70 Å². The molecule has 7 heteroatoms. The summed E-state index contributed by atoms with van der Waals surface area (Å²) < 4.78 is 16.4. The first kappa shape index (κ1) is 24.3. The molecule has 0 saturated heterocycles. The smallest absolute Gasteiger partial charge is 0.278 e. The molecule has 0 unspecified atom stereocenters. The van der Waals surface area contributed by atoms with Gasteiger partial charge in [0.05, 0.1) is 19.8 Å². The van der Waals surface area contributed by atoms with Crippen LogP contribution in [0.3, 0.4) is 0 Å². The van der Waals surface area contributed by atoms with Gasteiger partial charge in [0.25, 0.3) is 11.8 Å². The largest absolute Gasteiger partial charge is 0.493 e. The maximum Gasteiger partial charge on any atom is 0.278 e. The summed E-state index contributed by atoms with van der Waals surface area (Å²) in [5, 5.41) is 0. The van der Waals surface area contributed by atoms with E-state index in [1.807, 2.05) is 30.3 Å². The monoisotopic (exact) mass is 452 g/mol. The average Bonchev–Trinajstić information content (AvgIpc) is 3.10. The summed E-state index contributed by atoms with van der Waals surface area (Å²) in [6, 6.07) is 14.8. The van der Waals surface area contributed by atoms with Gasteiger partial charge in [-0.15, -0.1) is 0 Å². The number of carbonyl (C=O) groups excluding carboxylic acids is 2. The molecule has 0 fully saturated rings. The van der Waals surface area contributed by atoms with Gasteiger partial charge in [-0.25, -0.2) is 0 Å². The highest BCUT2D eigenvalue weighted by atomic mass is 16.5. The van der Waals surface area contributed by atoms with Crippen molar-refractivity contribution in [1.82, 2.24) is 4.90 Å². The zero-order valence-corrected chi connectivity index (χ0v) is 19.8. The minimum absolute atomic E-state index is 0.298. The summed E-state index contributed by atoms with van der Waals surface area (Å²) in [7, 11) is 4.90. The van der Waals surface area contributed by atoms with Gasteiger partial charge in [-0.2, -0.15) is 0 Å². The number of rotatable bonds is 12. The molecule has 0 N–H and O–H groups in total. The Kier molecular flexibility index (Phi) is 8.49. The normalized spacial score (nSPS) is 13.6. The standard InChI is InChI=1S/C26H32N2O5/c1-5-6-16-33-17-10-15-28-25(29)23(19-13-14-21(31-3)22(18-19)32-4)24(26(28)30)27(2)20-11-8-7-9-12-20/h7-9,11-14,18H,5-6,10,15-17H2,1-4H3. The van der Waals surface area contributed by atoms with Crippen LogP contribution in [0, 0.1) is 0 Å². The Morgan fingerprint density at radius 3 is 2.24 bits per heavy atom. The van der Waals surface area contributed by atoms with Crippen LogP contribution in [0.2, 0.25) is 0 Å². The lowest BCUT2D eigenvalue weighted by atomic mass is 10.0. The van der Waals surface area contributed by atoms with E-state index < -0.39 is 0 Å². The minimum atomic E-state index is -0.321. The molecule has 2 amide bonds. The first-order chi connectivity index (χ1) is 16.0. The van der Waals surface area contributed by atoms with Gasteiger partial charge < -0.3 is 19.1 Å². The summed E-state index contributed by atoms with van der Waals surface area (Å²) in [6.07, 6.45) is 2.65. The summed E-state index contributed by atoms with van der Waals surface area (Å²) in [4.78, 5) is 30.0. The van der Waals surface area contributed by atoms with Gasteiger partial charge in [0.15, 0.2) is 11.5 Å². The maximum absolute atomic E-state index is 13.5. The van der Waals surface area contributed by atoms with Gasteiger partial charge in [-0.1, -0.05) is 37.6 Å². The number of imide groups is 1. The summed E-state index contributed by atoms with van der Waals surface area (Å²) >= 11 is 0. The van der Waals surface area contributed by atoms with Crippen molar-refractivity contribution in [2.24, 2.45) is 0 Å². The van der Waals surface area contributed by atoms with Gasteiger partial charge in [-0.3, -0.25) is 14.5 Å². The third-order valence-electron chi connectivity index (χ3n) is 5.61. The first-order valence-corrected chi connectivity index (χ1v) is 11.2. The van der Waals surface area contributed by atoms with E-state index in [9.17, 15) is 9.59 Å². The number of carbonyl (C=O) groups is 2. The molecule has 1 aliphatic rings. The van der Waals surface area contributed by atoms with E-state index in [4.69, 9.17) is 14.2 Å². The van der Waals surface area contributed by atoms with Crippen LogP contribution in [-0.2, 0) is 14.3 Å². The van der Waals surface area contributed by atoms with Crippen LogP contribution in [0.1, 0.15) is 31.7 Å². The molecule has 2 aromatic rings. The molecule has 176 valence electrons. The van der Waals surface area contributed by atoms with E-state index in [2.05, 4.69) is 6.92 Å². The highest BCUT2D eigenvalue weighted by Gasteiger charge is 2.41. The predicted octanol–water partition coefficient (Wildman–Crippen LogP) is 4.13. The minimum Gasteiger partial charge on any atom is -0.493 e. The first-order valence-electron chi connectivity index (χ1n) is 11.2. The molecule has 33 heavy (non-hydrogen) atoms. The van der Waals surface area contributed by atoms with E-state index in [1.165, 1.54) is 4.90 Å². The van der Waals surface area contributed by atoms with E-state index in [1.54, 1.807) is 44.4 Å². The number of methoxy groups -OCH3 is 2. The van der Waals surface area contributed by atoms with Gasteiger partial charge in [0, 0.05) is 32.5 Å². The van der Waals surface area contributed by atoms with Crippen LogP contribution >= 0.6 is 0 Å². The fraction of sp³-hybridized carbons (Fsp3) is 0.385. The van der Waals surface area contributed by atoms with Crippen molar-refractivity contribution < 1.29 is 23.8 Å². The second kappa shape index (κ2) is 11.5. The molecule has 0 spiro atoms. The van der Waals surface area contributed by atoms with Crippen molar-refractivity contribution in [2.75, 3.05) is 45.9 Å². The van der Waals surface area contributed by atoms with Crippen molar-refractivity contribution in [3.63, 3.8) is 0 Å². The lowest BCUT2D eigenvalue weighted by Crippen LogP contribution is -2.35. The Morgan fingerprint density at radius 2 is 1.58 bits per heavy atom. The number of anilines is 1. The number of amides is 2. The average molecular weight is 453 g/mol. The topological polar surface area (TPSA) is 68.3 Å². The number of hydrogen-bond acceptors (Lipinski definition) is 6. The van der Waals surface area contributed by atoms with Crippen molar-refractivity contribution in [2.45, 2.75) is 26.2 Å². The highest BCUT2D eigenvalue weighted by molar-refractivity contribution is 6.36. The predicted molar refractivity (Wildman–Crippen MR) is 128 cm³/mol. The van der Waals surface area contributed by atoms with Gasteiger partial charge in [0.2, 0.25) is 0 Å². The van der Waals surface area contributed by atoms with Crippen LogP contribution in [-0.4, -0.2) is 57.7 Å². The van der Waals surface area contributed by atoms with E-state index in [0.717, 1.165) is 18.5 Å². The van der Waals surface area contributed by atoms with Crippen molar-refractivity contribution in [3.8, 4) is 11.5 Å². The number of unbranched alkanes of at least 4 members (excludes halogenated alkanes) is 1. The SMILES string of the molecule is CCCCOCCCN1C(=O)C(c2ccc(OC)c(OC)c2)=C(N(C)c2ccccc2)C1=O. The van der Waals surface area contributed by atoms with Gasteiger partial charge in [-0.05, 0) is 42.7 Å². The fourth-order valence-corrected chi connectivity index (χ4v) is 3.78. The van der Waals surface area contributed by atoms with Crippen LogP contribution in [0.25, 0.3) is 5.57 Å². The number of para-hydroxylation sites is 1. The van der Waals surface area contributed by atoms with E-state index in [-0.39, 0.29) is 11.8 Å². The molecule has 1 heterocycles.